The quantitative estimate of drug-likeness (QED) is 0.601. The van der Waals surface area contributed by atoms with E-state index in [1.54, 1.807) is 24.3 Å². The van der Waals surface area contributed by atoms with Crippen molar-refractivity contribution in [3.05, 3.63) is 35.4 Å². The third kappa shape index (κ3) is 1.79. The van der Waals surface area contributed by atoms with Crippen LogP contribution in [-0.2, 0) is 0 Å². The average molecular weight is 145 g/mol. The zero-order chi connectivity index (χ0) is 7.40. The van der Waals surface area contributed by atoms with Crippen LogP contribution < -0.4 is 6.15 Å². The van der Waals surface area contributed by atoms with Gasteiger partial charge in [-0.3, -0.25) is 0 Å². The summed E-state index contributed by atoms with van der Waals surface area (Å²) in [5.74, 6) is 0. The van der Waals surface area contributed by atoms with Crippen molar-refractivity contribution in [1.82, 2.24) is 6.15 Å². The number of nitriles is 2. The van der Waals surface area contributed by atoms with Gasteiger partial charge >= 0.3 is 0 Å². The molecule has 1 rings (SSSR count). The van der Waals surface area contributed by atoms with Crippen molar-refractivity contribution >= 4 is 0 Å². The fourth-order valence-electron chi connectivity index (χ4n) is 0.678. The van der Waals surface area contributed by atoms with Crippen LogP contribution in [0.3, 0.4) is 0 Å². The monoisotopic (exact) mass is 145 g/mol. The van der Waals surface area contributed by atoms with Crippen LogP contribution in [0, 0.1) is 22.7 Å². The molecule has 3 N–H and O–H groups in total. The lowest BCUT2D eigenvalue weighted by Gasteiger charge is -1.88. The zero-order valence-electron chi connectivity index (χ0n) is 5.91. The van der Waals surface area contributed by atoms with Gasteiger partial charge in [-0.05, 0) is 12.1 Å². The Hall–Kier alpha value is -1.84. The van der Waals surface area contributed by atoms with Crippen LogP contribution in [0.4, 0.5) is 0 Å². The SMILES string of the molecule is N.N#Cc1ccccc1C#N. The molecule has 0 spiro atoms. The van der Waals surface area contributed by atoms with E-state index in [-0.39, 0.29) is 6.15 Å². The molecule has 0 aliphatic carbocycles. The number of benzene rings is 1. The summed E-state index contributed by atoms with van der Waals surface area (Å²) in [4.78, 5) is 0. The Balaban J connectivity index is 0.000001000. The predicted molar refractivity (Wildman–Crippen MR) is 40.9 cm³/mol. The van der Waals surface area contributed by atoms with Crippen LogP contribution in [0.5, 0.6) is 0 Å². The molecular weight excluding hydrogens is 138 g/mol. The van der Waals surface area contributed by atoms with Crippen LogP contribution in [0.15, 0.2) is 24.3 Å². The van der Waals surface area contributed by atoms with E-state index in [1.165, 1.54) is 0 Å². The lowest BCUT2D eigenvalue weighted by atomic mass is 10.1. The standard InChI is InChI=1S/C8H4N2.H3N/c9-5-7-3-1-2-4-8(7)6-10;/h1-4H;1H3. The van der Waals surface area contributed by atoms with E-state index in [4.69, 9.17) is 10.5 Å². The molecule has 0 fully saturated rings. The Morgan fingerprint density at radius 3 is 1.55 bits per heavy atom. The predicted octanol–water partition coefficient (Wildman–Crippen LogP) is 1.59. The topological polar surface area (TPSA) is 82.6 Å². The average Bonchev–Trinajstić information content (AvgIpc) is 2.04. The number of hydrogen-bond acceptors (Lipinski definition) is 3. The van der Waals surface area contributed by atoms with Crippen LogP contribution in [-0.4, -0.2) is 0 Å². The summed E-state index contributed by atoms with van der Waals surface area (Å²) in [6.45, 7) is 0. The Morgan fingerprint density at radius 1 is 0.909 bits per heavy atom. The summed E-state index contributed by atoms with van der Waals surface area (Å²) in [6, 6.07) is 10.6. The van der Waals surface area contributed by atoms with Gasteiger partial charge in [0.25, 0.3) is 0 Å². The summed E-state index contributed by atoms with van der Waals surface area (Å²) < 4.78 is 0. The molecule has 54 valence electrons. The zero-order valence-corrected chi connectivity index (χ0v) is 5.91. The molecule has 0 saturated heterocycles. The molecule has 3 nitrogen and oxygen atoms in total. The van der Waals surface area contributed by atoms with Crippen molar-refractivity contribution in [1.29, 1.82) is 10.5 Å². The Morgan fingerprint density at radius 2 is 1.27 bits per heavy atom. The molecular formula is C8H7N3. The van der Waals surface area contributed by atoms with E-state index < -0.39 is 0 Å². The molecule has 11 heavy (non-hydrogen) atoms. The number of rotatable bonds is 0. The van der Waals surface area contributed by atoms with Crippen LogP contribution >= 0.6 is 0 Å². The number of hydrogen-bond donors (Lipinski definition) is 1. The minimum absolute atomic E-state index is 0. The molecule has 1 aromatic rings. The summed E-state index contributed by atoms with van der Waals surface area (Å²) in [5.41, 5.74) is 0.870. The Labute approximate surface area is 65.1 Å². The molecule has 0 amide bonds. The smallest absolute Gasteiger partial charge is 0.101 e. The maximum atomic E-state index is 8.45. The van der Waals surface area contributed by atoms with E-state index in [2.05, 4.69) is 0 Å². The fourth-order valence-corrected chi connectivity index (χ4v) is 0.678. The van der Waals surface area contributed by atoms with Gasteiger partial charge in [0.05, 0.1) is 11.1 Å². The van der Waals surface area contributed by atoms with E-state index in [0.717, 1.165) is 0 Å². The molecule has 3 heteroatoms. The highest BCUT2D eigenvalue weighted by molar-refractivity contribution is 5.44. The van der Waals surface area contributed by atoms with Crippen molar-refractivity contribution in [2.24, 2.45) is 0 Å². The largest absolute Gasteiger partial charge is 0.344 e. The minimum atomic E-state index is 0. The third-order valence-electron chi connectivity index (χ3n) is 1.17. The van der Waals surface area contributed by atoms with Gasteiger partial charge in [0, 0.05) is 0 Å². The lowest BCUT2D eigenvalue weighted by molar-refractivity contribution is 1.43. The van der Waals surface area contributed by atoms with Crippen molar-refractivity contribution in [3.8, 4) is 12.1 Å². The summed E-state index contributed by atoms with van der Waals surface area (Å²) in [7, 11) is 0. The van der Waals surface area contributed by atoms with Gasteiger partial charge in [-0.15, -0.1) is 0 Å². The second-order valence-corrected chi connectivity index (χ2v) is 1.77. The van der Waals surface area contributed by atoms with Gasteiger partial charge in [-0.1, -0.05) is 12.1 Å². The summed E-state index contributed by atoms with van der Waals surface area (Å²) in [5, 5.41) is 16.9. The second-order valence-electron chi connectivity index (χ2n) is 1.77. The van der Waals surface area contributed by atoms with Crippen molar-refractivity contribution < 1.29 is 0 Å². The summed E-state index contributed by atoms with van der Waals surface area (Å²) >= 11 is 0. The maximum absolute atomic E-state index is 8.45. The van der Waals surface area contributed by atoms with E-state index >= 15 is 0 Å². The van der Waals surface area contributed by atoms with E-state index in [0.29, 0.717) is 11.1 Å². The second kappa shape index (κ2) is 4.05. The first kappa shape index (κ1) is 9.16. The lowest BCUT2D eigenvalue weighted by Crippen LogP contribution is -1.79. The first-order chi connectivity index (χ1) is 4.88. The highest BCUT2D eigenvalue weighted by atomic mass is 14.3. The molecule has 0 heterocycles. The highest BCUT2D eigenvalue weighted by Crippen LogP contribution is 2.03. The molecule has 1 aromatic carbocycles. The van der Waals surface area contributed by atoms with Crippen molar-refractivity contribution in [3.63, 3.8) is 0 Å². The molecule has 0 unspecified atom stereocenters. The minimum Gasteiger partial charge on any atom is -0.344 e. The first-order valence-electron chi connectivity index (χ1n) is 2.77. The third-order valence-corrected chi connectivity index (χ3v) is 1.17. The van der Waals surface area contributed by atoms with Gasteiger partial charge in [0.1, 0.15) is 12.1 Å². The first-order valence-corrected chi connectivity index (χ1v) is 2.77. The number of nitrogens with zero attached hydrogens (tertiary/aromatic N) is 2. The van der Waals surface area contributed by atoms with Crippen LogP contribution in [0.2, 0.25) is 0 Å². The Bertz CT molecular complexity index is 284. The van der Waals surface area contributed by atoms with Crippen LogP contribution in [0.1, 0.15) is 11.1 Å². The Kier molecular flexibility index (Phi) is 3.37. The fraction of sp³-hybridized carbons (Fsp3) is 0. The van der Waals surface area contributed by atoms with E-state index in [1.807, 2.05) is 12.1 Å². The van der Waals surface area contributed by atoms with Crippen molar-refractivity contribution in [2.75, 3.05) is 0 Å². The maximum Gasteiger partial charge on any atom is 0.101 e. The van der Waals surface area contributed by atoms with Crippen LogP contribution in [0.25, 0.3) is 0 Å². The molecule has 0 radical (unpaired) electrons. The molecule has 0 aliphatic rings. The van der Waals surface area contributed by atoms with Gasteiger partial charge in [0.2, 0.25) is 0 Å². The van der Waals surface area contributed by atoms with Gasteiger partial charge < -0.3 is 6.15 Å². The molecule has 0 bridgehead atoms. The normalized spacial score (nSPS) is 7.09. The molecule has 0 saturated carbocycles. The van der Waals surface area contributed by atoms with E-state index in [9.17, 15) is 0 Å². The summed E-state index contributed by atoms with van der Waals surface area (Å²) in [6.07, 6.45) is 0. The highest BCUT2D eigenvalue weighted by Gasteiger charge is 1.95. The van der Waals surface area contributed by atoms with Gasteiger partial charge in [-0.25, -0.2) is 0 Å². The van der Waals surface area contributed by atoms with Gasteiger partial charge in [0.15, 0.2) is 0 Å². The molecule has 0 atom stereocenters. The molecule has 0 aromatic heterocycles. The van der Waals surface area contributed by atoms with Gasteiger partial charge in [-0.2, -0.15) is 10.5 Å². The molecule has 0 aliphatic heterocycles. The van der Waals surface area contributed by atoms with Crippen molar-refractivity contribution in [2.45, 2.75) is 0 Å².